The maximum atomic E-state index is 5.38. The molecule has 16 heavy (non-hydrogen) atoms. The van der Waals surface area contributed by atoms with Gasteiger partial charge in [-0.3, -0.25) is 0 Å². The molecule has 1 aliphatic heterocycles. The molecule has 1 atom stereocenters. The summed E-state index contributed by atoms with van der Waals surface area (Å²) in [7, 11) is 0. The minimum absolute atomic E-state index is 0.422. The Balaban J connectivity index is 2.15. The van der Waals surface area contributed by atoms with E-state index in [0.717, 1.165) is 25.6 Å². The van der Waals surface area contributed by atoms with Crippen molar-refractivity contribution in [2.45, 2.75) is 19.9 Å². The van der Waals surface area contributed by atoms with E-state index in [1.807, 2.05) is 6.92 Å². The minimum atomic E-state index is 0.422. The van der Waals surface area contributed by atoms with E-state index in [4.69, 9.17) is 4.74 Å². The molecule has 5 nitrogen and oxygen atoms in total. The summed E-state index contributed by atoms with van der Waals surface area (Å²) in [5.74, 6) is 1.41. The van der Waals surface area contributed by atoms with Crippen LogP contribution in [0.1, 0.15) is 13.8 Å². The zero-order valence-electron chi connectivity index (χ0n) is 9.81. The van der Waals surface area contributed by atoms with Gasteiger partial charge in [0, 0.05) is 37.9 Å². The molecule has 5 heteroatoms. The fourth-order valence-electron chi connectivity index (χ4n) is 1.84. The quantitative estimate of drug-likeness (QED) is 0.814. The van der Waals surface area contributed by atoms with E-state index in [1.165, 1.54) is 0 Å². The second-order valence-electron chi connectivity index (χ2n) is 3.87. The highest BCUT2D eigenvalue weighted by atomic mass is 16.5. The van der Waals surface area contributed by atoms with E-state index >= 15 is 0 Å². The molecule has 0 radical (unpaired) electrons. The minimum Gasteiger partial charge on any atom is -0.478 e. The van der Waals surface area contributed by atoms with Crippen molar-refractivity contribution in [2.75, 3.05) is 31.1 Å². The SMILES string of the molecule is CCOc1ccnc(N2CCNCC2C)n1. The number of aromatic nitrogens is 2. The highest BCUT2D eigenvalue weighted by molar-refractivity contribution is 5.34. The highest BCUT2D eigenvalue weighted by Gasteiger charge is 2.20. The van der Waals surface area contributed by atoms with Crippen LogP contribution < -0.4 is 15.0 Å². The number of piperazine rings is 1. The van der Waals surface area contributed by atoms with Crippen molar-refractivity contribution < 1.29 is 4.74 Å². The normalized spacial score (nSPS) is 20.9. The maximum absolute atomic E-state index is 5.38. The van der Waals surface area contributed by atoms with Crippen LogP contribution in [-0.4, -0.2) is 42.3 Å². The molecule has 1 aromatic heterocycles. The predicted molar refractivity (Wildman–Crippen MR) is 62.9 cm³/mol. The number of hydrogen-bond donors (Lipinski definition) is 1. The second-order valence-corrected chi connectivity index (χ2v) is 3.87. The molecule has 88 valence electrons. The van der Waals surface area contributed by atoms with Crippen LogP contribution in [0.25, 0.3) is 0 Å². The van der Waals surface area contributed by atoms with Gasteiger partial charge in [0.2, 0.25) is 11.8 Å². The lowest BCUT2D eigenvalue weighted by Crippen LogP contribution is -2.50. The van der Waals surface area contributed by atoms with Gasteiger partial charge < -0.3 is 15.0 Å². The summed E-state index contributed by atoms with van der Waals surface area (Å²) in [5.41, 5.74) is 0. The lowest BCUT2D eigenvalue weighted by Gasteiger charge is -2.33. The summed E-state index contributed by atoms with van der Waals surface area (Å²) in [5, 5.41) is 3.35. The van der Waals surface area contributed by atoms with Crippen LogP contribution in [0.15, 0.2) is 12.3 Å². The Morgan fingerprint density at radius 1 is 1.62 bits per heavy atom. The van der Waals surface area contributed by atoms with Crippen molar-refractivity contribution in [2.24, 2.45) is 0 Å². The molecule has 1 N–H and O–H groups in total. The smallest absolute Gasteiger partial charge is 0.228 e. The predicted octanol–water partition coefficient (Wildman–Crippen LogP) is 0.673. The van der Waals surface area contributed by atoms with Crippen LogP contribution in [0, 0.1) is 0 Å². The van der Waals surface area contributed by atoms with E-state index in [0.29, 0.717) is 18.5 Å². The van der Waals surface area contributed by atoms with Crippen molar-refractivity contribution >= 4 is 5.95 Å². The van der Waals surface area contributed by atoms with Crippen molar-refractivity contribution in [1.29, 1.82) is 0 Å². The molecule has 2 heterocycles. The number of ether oxygens (including phenoxy) is 1. The molecule has 0 aromatic carbocycles. The Hall–Kier alpha value is -1.36. The molecule has 0 aliphatic carbocycles. The standard InChI is InChI=1S/C11H18N4O/c1-3-16-10-4-5-13-11(14-10)15-7-6-12-8-9(15)2/h4-5,9,12H,3,6-8H2,1-2H3. The molecular weight excluding hydrogens is 204 g/mol. The van der Waals surface area contributed by atoms with Gasteiger partial charge in [0.05, 0.1) is 6.61 Å². The number of nitrogens with zero attached hydrogens (tertiary/aromatic N) is 3. The molecule has 0 amide bonds. The number of hydrogen-bond acceptors (Lipinski definition) is 5. The highest BCUT2D eigenvalue weighted by Crippen LogP contribution is 2.15. The fourth-order valence-corrected chi connectivity index (χ4v) is 1.84. The maximum Gasteiger partial charge on any atom is 0.228 e. The molecular formula is C11H18N4O. The van der Waals surface area contributed by atoms with Crippen molar-refractivity contribution in [3.05, 3.63) is 12.3 Å². The molecule has 1 unspecified atom stereocenters. The van der Waals surface area contributed by atoms with Gasteiger partial charge >= 0.3 is 0 Å². The third-order valence-corrected chi connectivity index (χ3v) is 2.67. The first-order valence-corrected chi connectivity index (χ1v) is 5.74. The van der Waals surface area contributed by atoms with Gasteiger partial charge in [-0.25, -0.2) is 4.98 Å². The molecule has 0 saturated carbocycles. The Morgan fingerprint density at radius 3 is 3.25 bits per heavy atom. The van der Waals surface area contributed by atoms with Crippen LogP contribution in [0.4, 0.5) is 5.95 Å². The number of nitrogens with one attached hydrogen (secondary N) is 1. The topological polar surface area (TPSA) is 50.3 Å². The average molecular weight is 222 g/mol. The molecule has 1 saturated heterocycles. The lowest BCUT2D eigenvalue weighted by molar-refractivity contribution is 0.325. The molecule has 2 rings (SSSR count). The molecule has 1 fully saturated rings. The zero-order chi connectivity index (χ0) is 11.4. The summed E-state index contributed by atoms with van der Waals surface area (Å²) in [4.78, 5) is 10.9. The average Bonchev–Trinajstić information content (AvgIpc) is 2.30. The van der Waals surface area contributed by atoms with Crippen LogP contribution >= 0.6 is 0 Å². The third-order valence-electron chi connectivity index (χ3n) is 2.67. The van der Waals surface area contributed by atoms with Gasteiger partial charge in [0.15, 0.2) is 0 Å². The first kappa shape index (κ1) is 11.1. The first-order chi connectivity index (χ1) is 7.81. The molecule has 1 aliphatic rings. The van der Waals surface area contributed by atoms with Crippen LogP contribution in [0.3, 0.4) is 0 Å². The number of rotatable bonds is 3. The summed E-state index contributed by atoms with van der Waals surface area (Å²) in [6.07, 6.45) is 1.75. The fraction of sp³-hybridized carbons (Fsp3) is 0.636. The summed E-state index contributed by atoms with van der Waals surface area (Å²) < 4.78 is 5.38. The van der Waals surface area contributed by atoms with E-state index in [9.17, 15) is 0 Å². The Bertz CT molecular complexity index is 345. The molecule has 0 spiro atoms. The Kier molecular flexibility index (Phi) is 3.56. The molecule has 1 aromatic rings. The lowest BCUT2D eigenvalue weighted by atomic mass is 10.2. The summed E-state index contributed by atoms with van der Waals surface area (Å²) in [6, 6.07) is 2.21. The van der Waals surface area contributed by atoms with E-state index < -0.39 is 0 Å². The van der Waals surface area contributed by atoms with Gasteiger partial charge in [0.25, 0.3) is 0 Å². The first-order valence-electron chi connectivity index (χ1n) is 5.74. The van der Waals surface area contributed by atoms with Crippen molar-refractivity contribution in [1.82, 2.24) is 15.3 Å². The van der Waals surface area contributed by atoms with Gasteiger partial charge in [-0.05, 0) is 13.8 Å². The van der Waals surface area contributed by atoms with Gasteiger partial charge in [0.1, 0.15) is 0 Å². The van der Waals surface area contributed by atoms with Gasteiger partial charge in [-0.2, -0.15) is 4.98 Å². The van der Waals surface area contributed by atoms with Gasteiger partial charge in [-0.1, -0.05) is 0 Å². The van der Waals surface area contributed by atoms with Crippen molar-refractivity contribution in [3.8, 4) is 5.88 Å². The van der Waals surface area contributed by atoms with Crippen LogP contribution in [-0.2, 0) is 0 Å². The Labute approximate surface area is 95.8 Å². The van der Waals surface area contributed by atoms with E-state index in [2.05, 4.69) is 27.1 Å². The molecule has 0 bridgehead atoms. The van der Waals surface area contributed by atoms with Crippen molar-refractivity contribution in [3.63, 3.8) is 0 Å². The summed E-state index contributed by atoms with van der Waals surface area (Å²) in [6.45, 7) is 7.65. The zero-order valence-corrected chi connectivity index (χ0v) is 9.81. The van der Waals surface area contributed by atoms with Gasteiger partial charge in [-0.15, -0.1) is 0 Å². The third kappa shape index (κ3) is 2.41. The summed E-state index contributed by atoms with van der Waals surface area (Å²) >= 11 is 0. The number of anilines is 1. The second kappa shape index (κ2) is 5.12. The van der Waals surface area contributed by atoms with Crippen LogP contribution in [0.5, 0.6) is 5.88 Å². The largest absolute Gasteiger partial charge is 0.478 e. The Morgan fingerprint density at radius 2 is 2.50 bits per heavy atom. The van der Waals surface area contributed by atoms with E-state index in [1.54, 1.807) is 12.3 Å². The monoisotopic (exact) mass is 222 g/mol. The van der Waals surface area contributed by atoms with E-state index in [-0.39, 0.29) is 0 Å². The van der Waals surface area contributed by atoms with Crippen LogP contribution in [0.2, 0.25) is 0 Å².